The summed E-state index contributed by atoms with van der Waals surface area (Å²) in [6.45, 7) is 7.45. The van der Waals surface area contributed by atoms with Gasteiger partial charge in [-0.25, -0.2) is 0 Å². The zero-order valence-corrected chi connectivity index (χ0v) is 13.4. The standard InChI is InChI=1S/C15H20BrN3/c1-15(2)11-19(7-6-18(15)3)14-5-4-12(9-16)8-13(14)10-17/h4-5,8H,6-7,9,11H2,1-3H3. The van der Waals surface area contributed by atoms with E-state index in [-0.39, 0.29) is 5.54 Å². The Labute approximate surface area is 123 Å². The van der Waals surface area contributed by atoms with Crippen molar-refractivity contribution in [2.75, 3.05) is 31.6 Å². The predicted octanol–water partition coefficient (Wildman–Crippen LogP) is 2.98. The molecule has 19 heavy (non-hydrogen) atoms. The van der Waals surface area contributed by atoms with Crippen LogP contribution in [0.2, 0.25) is 0 Å². The summed E-state index contributed by atoms with van der Waals surface area (Å²) >= 11 is 3.44. The Morgan fingerprint density at radius 1 is 1.37 bits per heavy atom. The first-order chi connectivity index (χ1) is 8.97. The van der Waals surface area contributed by atoms with Gasteiger partial charge in [0.15, 0.2) is 0 Å². The van der Waals surface area contributed by atoms with E-state index in [4.69, 9.17) is 0 Å². The third-order valence-electron chi connectivity index (χ3n) is 3.99. The number of piperazine rings is 1. The van der Waals surface area contributed by atoms with E-state index in [1.807, 2.05) is 6.07 Å². The second-order valence-corrected chi connectivity index (χ2v) is 6.31. The molecule has 102 valence electrons. The van der Waals surface area contributed by atoms with E-state index in [1.165, 1.54) is 0 Å². The monoisotopic (exact) mass is 321 g/mol. The maximum Gasteiger partial charge on any atom is 0.101 e. The third kappa shape index (κ3) is 2.93. The molecule has 1 aromatic rings. The lowest BCUT2D eigenvalue weighted by Crippen LogP contribution is -2.57. The average molecular weight is 322 g/mol. The molecule has 0 aliphatic carbocycles. The van der Waals surface area contributed by atoms with Crippen molar-refractivity contribution in [3.05, 3.63) is 29.3 Å². The van der Waals surface area contributed by atoms with E-state index in [9.17, 15) is 5.26 Å². The van der Waals surface area contributed by atoms with Gasteiger partial charge in [0.1, 0.15) is 6.07 Å². The number of halogens is 1. The molecule has 1 aliphatic heterocycles. The molecule has 0 saturated carbocycles. The van der Waals surface area contributed by atoms with Crippen LogP contribution in [-0.2, 0) is 5.33 Å². The van der Waals surface area contributed by atoms with E-state index < -0.39 is 0 Å². The molecule has 0 atom stereocenters. The van der Waals surface area contributed by atoms with Crippen molar-refractivity contribution in [2.45, 2.75) is 24.7 Å². The first kappa shape index (κ1) is 14.4. The largest absolute Gasteiger partial charge is 0.367 e. The van der Waals surface area contributed by atoms with Gasteiger partial charge in [0.2, 0.25) is 0 Å². The van der Waals surface area contributed by atoms with Gasteiger partial charge in [0.05, 0.1) is 11.3 Å². The topological polar surface area (TPSA) is 30.3 Å². The minimum atomic E-state index is 0.138. The van der Waals surface area contributed by atoms with Crippen molar-refractivity contribution in [2.24, 2.45) is 0 Å². The third-order valence-corrected chi connectivity index (χ3v) is 4.64. The molecule has 0 bridgehead atoms. The summed E-state index contributed by atoms with van der Waals surface area (Å²) in [7, 11) is 2.16. The summed E-state index contributed by atoms with van der Waals surface area (Å²) in [6.07, 6.45) is 0. The van der Waals surface area contributed by atoms with Crippen LogP contribution in [0.1, 0.15) is 25.0 Å². The molecule has 1 saturated heterocycles. The molecule has 1 aliphatic rings. The first-order valence-corrected chi connectivity index (χ1v) is 7.65. The van der Waals surface area contributed by atoms with E-state index >= 15 is 0 Å². The molecule has 3 nitrogen and oxygen atoms in total. The lowest BCUT2D eigenvalue weighted by atomic mass is 9.98. The maximum absolute atomic E-state index is 9.35. The zero-order valence-electron chi connectivity index (χ0n) is 11.8. The van der Waals surface area contributed by atoms with Crippen molar-refractivity contribution in [1.29, 1.82) is 5.26 Å². The lowest BCUT2D eigenvalue weighted by Gasteiger charge is -2.46. The second-order valence-electron chi connectivity index (χ2n) is 5.75. The highest BCUT2D eigenvalue weighted by Gasteiger charge is 2.31. The number of likely N-dealkylation sites (N-methyl/N-ethyl adjacent to an activating group) is 1. The van der Waals surface area contributed by atoms with Crippen LogP contribution in [0.3, 0.4) is 0 Å². The molecule has 1 aromatic carbocycles. The van der Waals surface area contributed by atoms with Crippen LogP contribution < -0.4 is 4.90 Å². The van der Waals surface area contributed by atoms with Crippen molar-refractivity contribution < 1.29 is 0 Å². The van der Waals surface area contributed by atoms with Crippen LogP contribution in [0.15, 0.2) is 18.2 Å². The zero-order chi connectivity index (χ0) is 14.0. The van der Waals surface area contributed by atoms with Gasteiger partial charge in [-0.2, -0.15) is 5.26 Å². The summed E-state index contributed by atoms with van der Waals surface area (Å²) in [4.78, 5) is 4.71. The molecule has 0 N–H and O–H groups in total. The van der Waals surface area contributed by atoms with Crippen LogP contribution in [0, 0.1) is 11.3 Å². The van der Waals surface area contributed by atoms with Crippen LogP contribution in [-0.4, -0.2) is 37.1 Å². The van der Waals surface area contributed by atoms with Gasteiger partial charge in [-0.05, 0) is 38.6 Å². The lowest BCUT2D eigenvalue weighted by molar-refractivity contribution is 0.139. The van der Waals surface area contributed by atoms with Gasteiger partial charge < -0.3 is 4.90 Å². The average Bonchev–Trinajstić information content (AvgIpc) is 2.41. The van der Waals surface area contributed by atoms with E-state index in [1.54, 1.807) is 0 Å². The number of rotatable bonds is 2. The highest BCUT2D eigenvalue weighted by Crippen LogP contribution is 2.28. The number of nitrogens with zero attached hydrogens (tertiary/aromatic N) is 3. The molecular formula is C15H20BrN3. The van der Waals surface area contributed by atoms with Gasteiger partial charge in [0, 0.05) is 30.5 Å². The van der Waals surface area contributed by atoms with Gasteiger partial charge in [-0.3, -0.25) is 4.90 Å². The van der Waals surface area contributed by atoms with Crippen LogP contribution >= 0.6 is 15.9 Å². The summed E-state index contributed by atoms with van der Waals surface area (Å²) in [5.41, 5.74) is 3.12. The molecule has 2 rings (SSSR count). The normalized spacial score (nSPS) is 19.2. The fourth-order valence-corrected chi connectivity index (χ4v) is 2.83. The quantitative estimate of drug-likeness (QED) is 0.784. The molecule has 0 aromatic heterocycles. The Hall–Kier alpha value is -1.05. The Kier molecular flexibility index (Phi) is 4.17. The molecular weight excluding hydrogens is 302 g/mol. The molecule has 0 unspecified atom stereocenters. The number of nitriles is 1. The predicted molar refractivity (Wildman–Crippen MR) is 82.7 cm³/mol. The first-order valence-electron chi connectivity index (χ1n) is 6.53. The van der Waals surface area contributed by atoms with Crippen LogP contribution in [0.5, 0.6) is 0 Å². The Bertz CT molecular complexity index is 505. The van der Waals surface area contributed by atoms with Gasteiger partial charge in [-0.1, -0.05) is 22.0 Å². The number of anilines is 1. The molecule has 0 spiro atoms. The summed E-state index contributed by atoms with van der Waals surface area (Å²) in [6, 6.07) is 8.48. The van der Waals surface area contributed by atoms with E-state index in [0.29, 0.717) is 0 Å². The summed E-state index contributed by atoms with van der Waals surface area (Å²) < 4.78 is 0. The van der Waals surface area contributed by atoms with Crippen LogP contribution in [0.4, 0.5) is 5.69 Å². The Morgan fingerprint density at radius 3 is 2.68 bits per heavy atom. The van der Waals surface area contributed by atoms with Gasteiger partial charge >= 0.3 is 0 Å². The highest BCUT2D eigenvalue weighted by molar-refractivity contribution is 9.08. The molecule has 0 radical (unpaired) electrons. The van der Waals surface area contributed by atoms with Gasteiger partial charge in [0.25, 0.3) is 0 Å². The second kappa shape index (κ2) is 5.52. The number of hydrogen-bond donors (Lipinski definition) is 0. The summed E-state index contributed by atoms with van der Waals surface area (Å²) in [5, 5.41) is 10.1. The van der Waals surface area contributed by atoms with Gasteiger partial charge in [-0.15, -0.1) is 0 Å². The van der Waals surface area contributed by atoms with Crippen molar-refractivity contribution in [3.63, 3.8) is 0 Å². The molecule has 1 heterocycles. The summed E-state index contributed by atoms with van der Waals surface area (Å²) in [5.74, 6) is 0. The van der Waals surface area contributed by atoms with Crippen LogP contribution in [0.25, 0.3) is 0 Å². The minimum absolute atomic E-state index is 0.138. The maximum atomic E-state index is 9.35. The van der Waals surface area contributed by atoms with Crippen molar-refractivity contribution in [3.8, 4) is 6.07 Å². The van der Waals surface area contributed by atoms with E-state index in [2.05, 4.69) is 64.8 Å². The fourth-order valence-electron chi connectivity index (χ4n) is 2.48. The number of alkyl halides is 1. The Balaban J connectivity index is 2.30. The van der Waals surface area contributed by atoms with Crippen molar-refractivity contribution >= 4 is 21.6 Å². The Morgan fingerprint density at radius 2 is 2.11 bits per heavy atom. The highest BCUT2D eigenvalue weighted by atomic mass is 79.9. The number of benzene rings is 1. The van der Waals surface area contributed by atoms with E-state index in [0.717, 1.165) is 41.8 Å². The minimum Gasteiger partial charge on any atom is -0.367 e. The SMILES string of the molecule is CN1CCN(c2ccc(CBr)cc2C#N)CC1(C)C. The van der Waals surface area contributed by atoms with Crippen molar-refractivity contribution in [1.82, 2.24) is 4.90 Å². The molecule has 0 amide bonds. The molecule has 1 fully saturated rings. The number of hydrogen-bond acceptors (Lipinski definition) is 3. The smallest absolute Gasteiger partial charge is 0.101 e. The molecule has 4 heteroatoms. The fraction of sp³-hybridized carbons (Fsp3) is 0.533.